The van der Waals surface area contributed by atoms with Crippen LogP contribution in [0.4, 0.5) is 16.3 Å². The van der Waals surface area contributed by atoms with E-state index in [1.54, 1.807) is 24.5 Å². The van der Waals surface area contributed by atoms with Gasteiger partial charge in [0.25, 0.3) is 0 Å². The lowest BCUT2D eigenvalue weighted by atomic mass is 10.2. The molecule has 9 heteroatoms. The zero-order valence-corrected chi connectivity index (χ0v) is 18.3. The molecule has 8 nitrogen and oxygen atoms in total. The first kappa shape index (κ1) is 21.1. The number of hydrogen-bond acceptors (Lipinski definition) is 6. The largest absolute Gasteiger partial charge is 0.439 e. The van der Waals surface area contributed by atoms with E-state index in [2.05, 4.69) is 41.4 Å². The lowest BCUT2D eigenvalue weighted by Gasteiger charge is -2.29. The lowest BCUT2D eigenvalue weighted by Crippen LogP contribution is -2.38. The van der Waals surface area contributed by atoms with Crippen LogP contribution in [0, 0.1) is 0 Å². The molecule has 31 heavy (non-hydrogen) atoms. The molecule has 2 N–H and O–H groups in total. The average Bonchev–Trinajstić information content (AvgIpc) is 2.80. The Balaban J connectivity index is 1.31. The SMILES string of the molecule is O=C(NCc1cccnc1N1CCOCC1)Nc1ccc(Oc2cccc(Br)c2)nc1. The molecule has 3 aromatic rings. The molecule has 3 heterocycles. The van der Waals surface area contributed by atoms with E-state index < -0.39 is 0 Å². The molecule has 2 aromatic heterocycles. The van der Waals surface area contributed by atoms with Gasteiger partial charge in [0, 0.05) is 41.9 Å². The summed E-state index contributed by atoms with van der Waals surface area (Å²) in [4.78, 5) is 23.2. The van der Waals surface area contributed by atoms with Gasteiger partial charge < -0.3 is 25.0 Å². The second-order valence-electron chi connectivity index (χ2n) is 6.84. The summed E-state index contributed by atoms with van der Waals surface area (Å²) in [5, 5.41) is 5.66. The molecule has 1 aliphatic heterocycles. The van der Waals surface area contributed by atoms with Crippen LogP contribution < -0.4 is 20.3 Å². The highest BCUT2D eigenvalue weighted by Crippen LogP contribution is 2.23. The number of aromatic nitrogens is 2. The minimum absolute atomic E-state index is 0.320. The fourth-order valence-electron chi connectivity index (χ4n) is 3.14. The van der Waals surface area contributed by atoms with Gasteiger partial charge in [0.1, 0.15) is 11.6 Å². The van der Waals surface area contributed by atoms with Crippen molar-refractivity contribution in [2.24, 2.45) is 0 Å². The van der Waals surface area contributed by atoms with Crippen molar-refractivity contribution < 1.29 is 14.3 Å². The molecule has 1 saturated heterocycles. The van der Waals surface area contributed by atoms with Crippen molar-refractivity contribution in [1.29, 1.82) is 0 Å². The number of ether oxygens (including phenoxy) is 2. The van der Waals surface area contributed by atoms with Crippen LogP contribution >= 0.6 is 15.9 Å². The Morgan fingerprint density at radius 1 is 1.13 bits per heavy atom. The first-order valence-corrected chi connectivity index (χ1v) is 10.7. The van der Waals surface area contributed by atoms with Gasteiger partial charge in [-0.15, -0.1) is 0 Å². The van der Waals surface area contributed by atoms with Gasteiger partial charge in [0.15, 0.2) is 0 Å². The third-order valence-corrected chi connectivity index (χ3v) is 5.12. The van der Waals surface area contributed by atoms with Gasteiger partial charge in [-0.2, -0.15) is 0 Å². The van der Waals surface area contributed by atoms with Crippen molar-refractivity contribution in [1.82, 2.24) is 15.3 Å². The Hall–Kier alpha value is -3.17. The van der Waals surface area contributed by atoms with E-state index in [4.69, 9.17) is 9.47 Å². The number of hydrogen-bond donors (Lipinski definition) is 2. The van der Waals surface area contributed by atoms with Gasteiger partial charge in [-0.1, -0.05) is 28.1 Å². The number of morpholine rings is 1. The normalized spacial score (nSPS) is 13.5. The van der Waals surface area contributed by atoms with Crippen molar-refractivity contribution in [3.8, 4) is 11.6 Å². The fourth-order valence-corrected chi connectivity index (χ4v) is 3.52. The van der Waals surface area contributed by atoms with Crippen LogP contribution in [0.25, 0.3) is 0 Å². The second-order valence-corrected chi connectivity index (χ2v) is 7.75. The molecule has 0 spiro atoms. The number of amides is 2. The summed E-state index contributed by atoms with van der Waals surface area (Å²) in [6, 6.07) is 14.4. The van der Waals surface area contributed by atoms with Crippen molar-refractivity contribution in [2.45, 2.75) is 6.54 Å². The zero-order chi connectivity index (χ0) is 21.5. The van der Waals surface area contributed by atoms with Crippen LogP contribution in [0.2, 0.25) is 0 Å². The van der Waals surface area contributed by atoms with E-state index in [1.807, 2.05) is 36.4 Å². The number of carbonyl (C=O) groups is 1. The maximum absolute atomic E-state index is 12.3. The number of nitrogens with zero attached hydrogens (tertiary/aromatic N) is 3. The maximum atomic E-state index is 12.3. The molecule has 1 aliphatic rings. The molecule has 2 amide bonds. The molecular formula is C22H22BrN5O3. The van der Waals surface area contributed by atoms with Gasteiger partial charge in [-0.25, -0.2) is 14.8 Å². The number of rotatable bonds is 6. The van der Waals surface area contributed by atoms with Crippen LogP contribution in [-0.4, -0.2) is 42.3 Å². The van der Waals surface area contributed by atoms with Crippen LogP contribution in [-0.2, 0) is 11.3 Å². The van der Waals surface area contributed by atoms with Gasteiger partial charge in [0.05, 0.1) is 25.1 Å². The first-order valence-electron chi connectivity index (χ1n) is 9.88. The molecule has 0 atom stereocenters. The number of urea groups is 1. The number of halogens is 1. The Labute approximate surface area is 188 Å². The van der Waals surface area contributed by atoms with Gasteiger partial charge in [-0.3, -0.25) is 0 Å². The second kappa shape index (κ2) is 10.2. The van der Waals surface area contributed by atoms with Gasteiger partial charge in [0.2, 0.25) is 5.88 Å². The number of anilines is 2. The summed E-state index contributed by atoms with van der Waals surface area (Å²) < 4.78 is 12.0. The number of benzene rings is 1. The third kappa shape index (κ3) is 5.93. The molecule has 0 aliphatic carbocycles. The molecule has 0 saturated carbocycles. The summed E-state index contributed by atoms with van der Waals surface area (Å²) in [5.74, 6) is 1.99. The van der Waals surface area contributed by atoms with Crippen LogP contribution in [0.15, 0.2) is 65.4 Å². The Morgan fingerprint density at radius 2 is 2.00 bits per heavy atom. The fraction of sp³-hybridized carbons (Fsp3) is 0.227. The molecular weight excluding hydrogens is 462 g/mol. The monoisotopic (exact) mass is 483 g/mol. The maximum Gasteiger partial charge on any atom is 0.319 e. The van der Waals surface area contributed by atoms with Crippen LogP contribution in [0.3, 0.4) is 0 Å². The van der Waals surface area contributed by atoms with Crippen molar-refractivity contribution in [3.63, 3.8) is 0 Å². The third-order valence-electron chi connectivity index (χ3n) is 4.63. The van der Waals surface area contributed by atoms with Gasteiger partial charge in [-0.05, 0) is 30.3 Å². The van der Waals surface area contributed by atoms with E-state index >= 15 is 0 Å². The molecule has 0 unspecified atom stereocenters. The van der Waals surface area contributed by atoms with Crippen molar-refractivity contribution >= 4 is 33.5 Å². The average molecular weight is 484 g/mol. The molecule has 160 valence electrons. The Bertz CT molecular complexity index is 1030. The first-order chi connectivity index (χ1) is 15.2. The standard InChI is InChI=1S/C22H22BrN5O3/c23-17-4-1-5-19(13-17)31-20-7-6-18(15-25-20)27-22(29)26-14-16-3-2-8-24-21(16)28-9-11-30-12-10-28/h1-8,13,15H,9-12,14H2,(H2,26,27,29). The van der Waals surface area contributed by atoms with Crippen LogP contribution in [0.5, 0.6) is 11.6 Å². The highest BCUT2D eigenvalue weighted by atomic mass is 79.9. The Morgan fingerprint density at radius 3 is 2.77 bits per heavy atom. The smallest absolute Gasteiger partial charge is 0.319 e. The van der Waals surface area contributed by atoms with E-state index in [0.717, 1.165) is 28.9 Å². The lowest BCUT2D eigenvalue weighted by molar-refractivity contribution is 0.122. The topological polar surface area (TPSA) is 88.6 Å². The van der Waals surface area contributed by atoms with E-state index in [-0.39, 0.29) is 6.03 Å². The zero-order valence-electron chi connectivity index (χ0n) is 16.8. The quantitative estimate of drug-likeness (QED) is 0.546. The summed E-state index contributed by atoms with van der Waals surface area (Å²) in [6.07, 6.45) is 3.31. The minimum Gasteiger partial charge on any atom is -0.439 e. The summed E-state index contributed by atoms with van der Waals surface area (Å²) >= 11 is 3.41. The highest BCUT2D eigenvalue weighted by Gasteiger charge is 2.16. The van der Waals surface area contributed by atoms with Crippen LogP contribution in [0.1, 0.15) is 5.56 Å². The van der Waals surface area contributed by atoms with E-state index in [0.29, 0.717) is 37.1 Å². The predicted octanol–water partition coefficient (Wildman–Crippen LogP) is 4.19. The number of carbonyl (C=O) groups excluding carboxylic acids is 1. The molecule has 1 fully saturated rings. The summed E-state index contributed by atoms with van der Waals surface area (Å²) in [7, 11) is 0. The molecule has 1 aromatic carbocycles. The van der Waals surface area contributed by atoms with Gasteiger partial charge >= 0.3 is 6.03 Å². The molecule has 0 radical (unpaired) electrons. The molecule has 0 bridgehead atoms. The summed E-state index contributed by atoms with van der Waals surface area (Å²) in [6.45, 7) is 3.30. The number of pyridine rings is 2. The van der Waals surface area contributed by atoms with E-state index in [9.17, 15) is 4.79 Å². The Kier molecular flexibility index (Phi) is 6.96. The highest BCUT2D eigenvalue weighted by molar-refractivity contribution is 9.10. The summed E-state index contributed by atoms with van der Waals surface area (Å²) in [5.41, 5.74) is 1.52. The molecule has 4 rings (SSSR count). The van der Waals surface area contributed by atoms with Crippen molar-refractivity contribution in [3.05, 3.63) is 71.0 Å². The minimum atomic E-state index is -0.320. The van der Waals surface area contributed by atoms with E-state index in [1.165, 1.54) is 0 Å². The van der Waals surface area contributed by atoms with Crippen molar-refractivity contribution in [2.75, 3.05) is 36.5 Å². The number of nitrogens with one attached hydrogen (secondary N) is 2. The predicted molar refractivity (Wildman–Crippen MR) is 122 cm³/mol.